The minimum Gasteiger partial charge on any atom is -0.508 e. The fraction of sp³-hybridized carbons (Fsp3) is 0.263. The van der Waals surface area contributed by atoms with Crippen molar-refractivity contribution in [3.63, 3.8) is 0 Å². The van der Waals surface area contributed by atoms with Crippen LogP contribution in [0, 0.1) is 12.8 Å². The van der Waals surface area contributed by atoms with Crippen molar-refractivity contribution >= 4 is 17.3 Å². The number of anilines is 1. The lowest BCUT2D eigenvalue weighted by molar-refractivity contribution is -0.119. The highest BCUT2D eigenvalue weighted by atomic mass is 16.3. The van der Waals surface area contributed by atoms with E-state index in [0.717, 1.165) is 40.9 Å². The number of nitrogens with zero attached hydrogens (tertiary/aromatic N) is 2. The molecule has 0 radical (unpaired) electrons. The van der Waals surface area contributed by atoms with Gasteiger partial charge in [-0.25, -0.2) is 5.01 Å². The van der Waals surface area contributed by atoms with Gasteiger partial charge in [0.15, 0.2) is 0 Å². The molecule has 4 nitrogen and oxygen atoms in total. The summed E-state index contributed by atoms with van der Waals surface area (Å²) in [6, 6.07) is 13.3. The molecule has 1 unspecified atom stereocenters. The molecule has 2 aromatic carbocycles. The molecule has 2 aromatic rings. The topological polar surface area (TPSA) is 52.9 Å². The van der Waals surface area contributed by atoms with Crippen LogP contribution in [0.2, 0.25) is 0 Å². The van der Waals surface area contributed by atoms with Gasteiger partial charge in [0.1, 0.15) is 5.75 Å². The van der Waals surface area contributed by atoms with Gasteiger partial charge in [-0.05, 0) is 61.2 Å². The first-order valence-corrected chi connectivity index (χ1v) is 7.92. The third-order valence-electron chi connectivity index (χ3n) is 4.62. The highest BCUT2D eigenvalue weighted by Gasteiger charge is 2.34. The van der Waals surface area contributed by atoms with Gasteiger partial charge in [0.25, 0.3) is 0 Å². The lowest BCUT2D eigenvalue weighted by Gasteiger charge is -2.33. The molecule has 1 aliphatic heterocycles. The van der Waals surface area contributed by atoms with Gasteiger partial charge in [0.2, 0.25) is 5.91 Å². The minimum atomic E-state index is 0.0478. The SMILES string of the molecule is Cc1cccc(N2N=C3c4ccc(O)cc4CCC3CC2=O)c1. The van der Waals surface area contributed by atoms with Gasteiger partial charge in [-0.3, -0.25) is 4.79 Å². The standard InChI is InChI=1S/C19H18N2O2/c1-12-3-2-4-15(9-12)21-18(23)11-14-6-5-13-10-16(22)7-8-17(13)19(14)20-21/h2-4,7-10,14,22H,5-6,11H2,1H3. The summed E-state index contributed by atoms with van der Waals surface area (Å²) >= 11 is 0. The summed E-state index contributed by atoms with van der Waals surface area (Å²) in [6.07, 6.45) is 2.28. The third-order valence-corrected chi connectivity index (χ3v) is 4.62. The van der Waals surface area contributed by atoms with Gasteiger partial charge in [0.05, 0.1) is 11.4 Å². The van der Waals surface area contributed by atoms with Crippen LogP contribution in [0.25, 0.3) is 0 Å². The lowest BCUT2D eigenvalue weighted by atomic mass is 9.79. The number of hydrazone groups is 1. The predicted molar refractivity (Wildman–Crippen MR) is 89.7 cm³/mol. The van der Waals surface area contributed by atoms with E-state index in [-0.39, 0.29) is 17.6 Å². The van der Waals surface area contributed by atoms with Gasteiger partial charge in [-0.2, -0.15) is 5.10 Å². The Morgan fingerprint density at radius 3 is 2.91 bits per heavy atom. The Morgan fingerprint density at radius 2 is 2.09 bits per heavy atom. The first-order valence-electron chi connectivity index (χ1n) is 7.92. The molecule has 1 heterocycles. The number of carbonyl (C=O) groups excluding carboxylic acids is 1. The van der Waals surface area contributed by atoms with Crippen molar-refractivity contribution in [2.45, 2.75) is 26.2 Å². The van der Waals surface area contributed by atoms with Crippen molar-refractivity contribution in [3.8, 4) is 5.75 Å². The molecule has 2 aliphatic rings. The van der Waals surface area contributed by atoms with E-state index in [0.29, 0.717) is 6.42 Å². The van der Waals surface area contributed by atoms with E-state index in [1.165, 1.54) is 5.01 Å². The van der Waals surface area contributed by atoms with E-state index >= 15 is 0 Å². The molecule has 0 saturated carbocycles. The summed E-state index contributed by atoms with van der Waals surface area (Å²) in [6.45, 7) is 2.01. The first kappa shape index (κ1) is 14.0. The zero-order valence-electron chi connectivity index (χ0n) is 13.0. The molecule has 0 fully saturated rings. The molecule has 1 aliphatic carbocycles. The molecule has 116 valence electrons. The zero-order chi connectivity index (χ0) is 16.0. The van der Waals surface area contributed by atoms with E-state index in [1.807, 2.05) is 43.3 Å². The van der Waals surface area contributed by atoms with Crippen molar-refractivity contribution in [1.29, 1.82) is 0 Å². The Bertz CT molecular complexity index is 826. The van der Waals surface area contributed by atoms with Crippen molar-refractivity contribution in [3.05, 3.63) is 59.2 Å². The molecule has 4 rings (SSSR count). The van der Waals surface area contributed by atoms with Gasteiger partial charge in [-0.1, -0.05) is 12.1 Å². The summed E-state index contributed by atoms with van der Waals surface area (Å²) in [4.78, 5) is 12.5. The first-order chi connectivity index (χ1) is 11.1. The maximum Gasteiger partial charge on any atom is 0.248 e. The van der Waals surface area contributed by atoms with Gasteiger partial charge < -0.3 is 5.11 Å². The van der Waals surface area contributed by atoms with Crippen LogP contribution in [0.5, 0.6) is 5.75 Å². The summed E-state index contributed by atoms with van der Waals surface area (Å²) in [5.41, 5.74) is 5.05. The lowest BCUT2D eigenvalue weighted by Crippen LogP contribution is -2.39. The third kappa shape index (κ3) is 2.40. The van der Waals surface area contributed by atoms with Crippen LogP contribution in [-0.4, -0.2) is 16.7 Å². The summed E-state index contributed by atoms with van der Waals surface area (Å²) in [5.74, 6) is 0.511. The highest BCUT2D eigenvalue weighted by Crippen LogP contribution is 2.34. The number of hydrogen-bond donors (Lipinski definition) is 1. The van der Waals surface area contributed by atoms with Crippen LogP contribution >= 0.6 is 0 Å². The van der Waals surface area contributed by atoms with E-state index in [4.69, 9.17) is 0 Å². The highest BCUT2D eigenvalue weighted by molar-refractivity contribution is 6.11. The van der Waals surface area contributed by atoms with E-state index < -0.39 is 0 Å². The Hall–Kier alpha value is -2.62. The normalized spacial score (nSPS) is 19.9. The molecule has 0 saturated heterocycles. The fourth-order valence-electron chi connectivity index (χ4n) is 3.48. The van der Waals surface area contributed by atoms with Crippen LogP contribution in [0.15, 0.2) is 47.6 Å². The quantitative estimate of drug-likeness (QED) is 0.878. The number of benzene rings is 2. The van der Waals surface area contributed by atoms with Gasteiger partial charge in [-0.15, -0.1) is 0 Å². The molecule has 4 heteroatoms. The average molecular weight is 306 g/mol. The number of phenols is 1. The second kappa shape index (κ2) is 5.23. The molecule has 0 aromatic heterocycles. The number of amides is 1. The van der Waals surface area contributed by atoms with E-state index in [9.17, 15) is 9.90 Å². The van der Waals surface area contributed by atoms with Crippen molar-refractivity contribution in [1.82, 2.24) is 0 Å². The largest absolute Gasteiger partial charge is 0.508 e. The zero-order valence-corrected chi connectivity index (χ0v) is 13.0. The molecule has 1 amide bonds. The molecular formula is C19H18N2O2. The number of fused-ring (bicyclic) bond motifs is 3. The Balaban J connectivity index is 1.81. The van der Waals surface area contributed by atoms with Gasteiger partial charge in [0, 0.05) is 17.9 Å². The molecule has 0 spiro atoms. The average Bonchev–Trinajstić information content (AvgIpc) is 2.53. The maximum atomic E-state index is 12.5. The Morgan fingerprint density at radius 1 is 1.22 bits per heavy atom. The van der Waals surface area contributed by atoms with Crippen LogP contribution in [0.1, 0.15) is 29.5 Å². The van der Waals surface area contributed by atoms with Crippen LogP contribution in [0.4, 0.5) is 5.69 Å². The number of aryl methyl sites for hydroxylation is 2. The molecular weight excluding hydrogens is 288 g/mol. The number of phenolic OH excluding ortho intramolecular Hbond substituents is 1. The minimum absolute atomic E-state index is 0.0478. The van der Waals surface area contributed by atoms with E-state index in [2.05, 4.69) is 5.10 Å². The summed E-state index contributed by atoms with van der Waals surface area (Å²) < 4.78 is 0. The van der Waals surface area contributed by atoms with Crippen LogP contribution < -0.4 is 5.01 Å². The van der Waals surface area contributed by atoms with Gasteiger partial charge >= 0.3 is 0 Å². The smallest absolute Gasteiger partial charge is 0.248 e. The van der Waals surface area contributed by atoms with Crippen LogP contribution in [0.3, 0.4) is 0 Å². The number of aromatic hydroxyl groups is 1. The summed E-state index contributed by atoms with van der Waals surface area (Å²) in [7, 11) is 0. The number of carbonyl (C=O) groups is 1. The second-order valence-electron chi connectivity index (χ2n) is 6.31. The van der Waals surface area contributed by atoms with E-state index in [1.54, 1.807) is 6.07 Å². The monoisotopic (exact) mass is 306 g/mol. The summed E-state index contributed by atoms with van der Waals surface area (Å²) in [5, 5.41) is 15.9. The molecule has 1 atom stereocenters. The van der Waals surface area contributed by atoms with Crippen molar-refractivity contribution in [2.24, 2.45) is 11.0 Å². The molecule has 1 N–H and O–H groups in total. The Kier molecular flexibility index (Phi) is 3.18. The maximum absolute atomic E-state index is 12.5. The fourth-order valence-corrected chi connectivity index (χ4v) is 3.48. The molecule has 0 bridgehead atoms. The van der Waals surface area contributed by atoms with Crippen molar-refractivity contribution < 1.29 is 9.90 Å². The second-order valence-corrected chi connectivity index (χ2v) is 6.31. The Labute approximate surface area is 135 Å². The van der Waals surface area contributed by atoms with Crippen LogP contribution in [-0.2, 0) is 11.2 Å². The molecule has 23 heavy (non-hydrogen) atoms. The predicted octanol–water partition coefficient (Wildman–Crippen LogP) is 3.40. The number of rotatable bonds is 1. The van der Waals surface area contributed by atoms with Crippen molar-refractivity contribution in [2.75, 3.05) is 5.01 Å². The number of hydrogen-bond acceptors (Lipinski definition) is 3.